The molecule has 0 unspecified atom stereocenters. The molecule has 2 heteroatoms. The van der Waals surface area contributed by atoms with Gasteiger partial charge in [-0.3, -0.25) is 0 Å². The van der Waals surface area contributed by atoms with Crippen molar-refractivity contribution >= 4 is 11.6 Å². The maximum absolute atomic E-state index is 5.88. The number of aryl methyl sites for hydroxylation is 1. The van der Waals surface area contributed by atoms with Gasteiger partial charge in [-0.15, -0.1) is 11.6 Å². The smallest absolute Gasteiger partial charge is 0.126 e. The molecular weight excluding hydrogens is 232 g/mol. The standard InChI is InChI=1S/C15H15ClO/c1-11-7-8-12(10-16)9-14(11)13-5-3-4-6-15(13)17-2/h3-9H,10H2,1-2H3. The molecule has 0 fully saturated rings. The van der Waals surface area contributed by atoms with Crippen LogP contribution in [-0.2, 0) is 5.88 Å². The fraction of sp³-hybridized carbons (Fsp3) is 0.200. The highest BCUT2D eigenvalue weighted by Crippen LogP contribution is 2.32. The second-order valence-electron chi connectivity index (χ2n) is 3.98. The molecule has 0 saturated carbocycles. The van der Waals surface area contributed by atoms with Gasteiger partial charge in [0.2, 0.25) is 0 Å². The van der Waals surface area contributed by atoms with E-state index in [2.05, 4.69) is 31.2 Å². The Balaban J connectivity index is 2.59. The van der Waals surface area contributed by atoms with E-state index in [4.69, 9.17) is 16.3 Å². The summed E-state index contributed by atoms with van der Waals surface area (Å²) in [5.74, 6) is 1.42. The van der Waals surface area contributed by atoms with Gasteiger partial charge >= 0.3 is 0 Å². The molecule has 0 aliphatic carbocycles. The molecule has 1 nitrogen and oxygen atoms in total. The van der Waals surface area contributed by atoms with Crippen molar-refractivity contribution in [2.75, 3.05) is 7.11 Å². The molecule has 0 atom stereocenters. The third kappa shape index (κ3) is 2.45. The zero-order chi connectivity index (χ0) is 12.3. The number of halogens is 1. The molecule has 2 aromatic carbocycles. The average Bonchev–Trinajstić information content (AvgIpc) is 2.39. The minimum absolute atomic E-state index is 0.530. The van der Waals surface area contributed by atoms with Crippen molar-refractivity contribution in [2.24, 2.45) is 0 Å². The summed E-state index contributed by atoms with van der Waals surface area (Å²) in [6.07, 6.45) is 0. The third-order valence-corrected chi connectivity index (χ3v) is 3.16. The average molecular weight is 247 g/mol. The number of rotatable bonds is 3. The van der Waals surface area contributed by atoms with Crippen LogP contribution < -0.4 is 4.74 Å². The maximum Gasteiger partial charge on any atom is 0.126 e. The van der Waals surface area contributed by atoms with E-state index in [0.717, 1.165) is 16.9 Å². The molecule has 0 bridgehead atoms. The molecule has 88 valence electrons. The van der Waals surface area contributed by atoms with E-state index in [1.807, 2.05) is 18.2 Å². The molecule has 0 heterocycles. The molecule has 0 amide bonds. The number of alkyl halides is 1. The van der Waals surface area contributed by atoms with Crippen molar-refractivity contribution < 1.29 is 4.74 Å². The van der Waals surface area contributed by atoms with Gasteiger partial charge in [-0.2, -0.15) is 0 Å². The third-order valence-electron chi connectivity index (χ3n) is 2.85. The Morgan fingerprint density at radius 3 is 2.53 bits per heavy atom. The molecular formula is C15H15ClO. The monoisotopic (exact) mass is 246 g/mol. The Morgan fingerprint density at radius 2 is 1.82 bits per heavy atom. The predicted molar refractivity (Wildman–Crippen MR) is 72.7 cm³/mol. The number of ether oxygens (including phenoxy) is 1. The number of benzene rings is 2. The molecule has 0 aliphatic heterocycles. The van der Waals surface area contributed by atoms with Crippen LogP contribution in [-0.4, -0.2) is 7.11 Å². The van der Waals surface area contributed by atoms with Gasteiger partial charge in [0.25, 0.3) is 0 Å². The van der Waals surface area contributed by atoms with E-state index < -0.39 is 0 Å². The second-order valence-corrected chi connectivity index (χ2v) is 4.25. The van der Waals surface area contributed by atoms with Crippen LogP contribution in [0, 0.1) is 6.92 Å². The molecule has 0 saturated heterocycles. The lowest BCUT2D eigenvalue weighted by atomic mass is 9.98. The first-order valence-electron chi connectivity index (χ1n) is 5.55. The summed E-state index contributed by atoms with van der Waals surface area (Å²) < 4.78 is 5.40. The maximum atomic E-state index is 5.88. The fourth-order valence-electron chi connectivity index (χ4n) is 1.91. The van der Waals surface area contributed by atoms with Crippen molar-refractivity contribution in [3.05, 3.63) is 53.6 Å². The molecule has 0 radical (unpaired) electrons. The van der Waals surface area contributed by atoms with Gasteiger partial charge < -0.3 is 4.74 Å². The summed E-state index contributed by atoms with van der Waals surface area (Å²) in [6, 6.07) is 14.3. The predicted octanol–water partition coefficient (Wildman–Crippen LogP) is 4.41. The topological polar surface area (TPSA) is 9.23 Å². The number of para-hydroxylation sites is 1. The number of methoxy groups -OCH3 is 1. The van der Waals surface area contributed by atoms with Crippen LogP contribution in [0.3, 0.4) is 0 Å². The minimum atomic E-state index is 0.530. The van der Waals surface area contributed by atoms with Crippen molar-refractivity contribution in [1.29, 1.82) is 0 Å². The van der Waals surface area contributed by atoms with Crippen LogP contribution >= 0.6 is 11.6 Å². The summed E-state index contributed by atoms with van der Waals surface area (Å²) >= 11 is 5.88. The molecule has 17 heavy (non-hydrogen) atoms. The van der Waals surface area contributed by atoms with Crippen LogP contribution in [0.15, 0.2) is 42.5 Å². The van der Waals surface area contributed by atoms with Gasteiger partial charge in [-0.25, -0.2) is 0 Å². The molecule has 0 spiro atoms. The zero-order valence-electron chi connectivity index (χ0n) is 10.0. The molecule has 0 N–H and O–H groups in total. The van der Waals surface area contributed by atoms with Crippen molar-refractivity contribution in [3.63, 3.8) is 0 Å². The van der Waals surface area contributed by atoms with Gasteiger partial charge in [-0.05, 0) is 35.7 Å². The van der Waals surface area contributed by atoms with E-state index in [-0.39, 0.29) is 0 Å². The summed E-state index contributed by atoms with van der Waals surface area (Å²) in [5.41, 5.74) is 4.64. The molecule has 2 rings (SSSR count). The lowest BCUT2D eigenvalue weighted by molar-refractivity contribution is 0.416. The Hall–Kier alpha value is -1.47. The fourth-order valence-corrected chi connectivity index (χ4v) is 2.08. The van der Waals surface area contributed by atoms with Crippen LogP contribution in [0.1, 0.15) is 11.1 Å². The summed E-state index contributed by atoms with van der Waals surface area (Å²) in [5, 5.41) is 0. The molecule has 2 aromatic rings. The van der Waals surface area contributed by atoms with Crippen LogP contribution in [0.5, 0.6) is 5.75 Å². The normalized spacial score (nSPS) is 10.3. The first-order valence-corrected chi connectivity index (χ1v) is 6.08. The highest BCUT2D eigenvalue weighted by Gasteiger charge is 2.08. The quantitative estimate of drug-likeness (QED) is 0.729. The largest absolute Gasteiger partial charge is 0.496 e. The van der Waals surface area contributed by atoms with Crippen LogP contribution in [0.2, 0.25) is 0 Å². The van der Waals surface area contributed by atoms with E-state index in [9.17, 15) is 0 Å². The van der Waals surface area contributed by atoms with Gasteiger partial charge in [0.05, 0.1) is 7.11 Å². The molecule has 0 aromatic heterocycles. The van der Waals surface area contributed by atoms with E-state index in [1.165, 1.54) is 11.1 Å². The zero-order valence-corrected chi connectivity index (χ0v) is 10.8. The van der Waals surface area contributed by atoms with Gasteiger partial charge in [0, 0.05) is 11.4 Å². The number of hydrogen-bond donors (Lipinski definition) is 0. The highest BCUT2D eigenvalue weighted by atomic mass is 35.5. The Bertz CT molecular complexity index is 520. The minimum Gasteiger partial charge on any atom is -0.496 e. The van der Waals surface area contributed by atoms with Crippen LogP contribution in [0.25, 0.3) is 11.1 Å². The Morgan fingerprint density at radius 1 is 1.06 bits per heavy atom. The first kappa shape index (κ1) is 12.0. The highest BCUT2D eigenvalue weighted by molar-refractivity contribution is 6.17. The first-order chi connectivity index (χ1) is 8.26. The second kappa shape index (κ2) is 5.24. The van der Waals surface area contributed by atoms with Crippen molar-refractivity contribution in [1.82, 2.24) is 0 Å². The number of hydrogen-bond acceptors (Lipinski definition) is 1. The van der Waals surface area contributed by atoms with E-state index in [1.54, 1.807) is 7.11 Å². The summed E-state index contributed by atoms with van der Waals surface area (Å²) in [7, 11) is 1.69. The van der Waals surface area contributed by atoms with Crippen molar-refractivity contribution in [2.45, 2.75) is 12.8 Å². The SMILES string of the molecule is COc1ccccc1-c1cc(CCl)ccc1C. The lowest BCUT2D eigenvalue weighted by Gasteiger charge is -2.12. The van der Waals surface area contributed by atoms with Crippen molar-refractivity contribution in [3.8, 4) is 16.9 Å². The van der Waals surface area contributed by atoms with Gasteiger partial charge in [0.15, 0.2) is 0 Å². The van der Waals surface area contributed by atoms with E-state index >= 15 is 0 Å². The Labute approximate surface area is 107 Å². The van der Waals surface area contributed by atoms with Gasteiger partial charge in [-0.1, -0.05) is 30.3 Å². The van der Waals surface area contributed by atoms with E-state index in [0.29, 0.717) is 5.88 Å². The summed E-state index contributed by atoms with van der Waals surface area (Å²) in [4.78, 5) is 0. The van der Waals surface area contributed by atoms with Crippen LogP contribution in [0.4, 0.5) is 0 Å². The Kier molecular flexibility index (Phi) is 3.70. The summed E-state index contributed by atoms with van der Waals surface area (Å²) in [6.45, 7) is 2.10. The van der Waals surface area contributed by atoms with Gasteiger partial charge in [0.1, 0.15) is 5.75 Å². The molecule has 0 aliphatic rings. The lowest BCUT2D eigenvalue weighted by Crippen LogP contribution is -1.91.